The average Bonchev–Trinajstić information content (AvgIpc) is 2.18. The van der Waals surface area contributed by atoms with Crippen molar-refractivity contribution in [3.63, 3.8) is 0 Å². The standard InChI is InChI=1S/C12H15NO2/c1-13(2)12(15)9-11(14)8-10-6-4-3-5-7-10/h3-7H,8-9H2,1-2H3. The van der Waals surface area contributed by atoms with Crippen molar-refractivity contribution in [3.05, 3.63) is 35.9 Å². The van der Waals surface area contributed by atoms with Gasteiger partial charge in [0.2, 0.25) is 5.91 Å². The van der Waals surface area contributed by atoms with E-state index in [1.54, 1.807) is 14.1 Å². The number of benzene rings is 1. The lowest BCUT2D eigenvalue weighted by molar-refractivity contribution is -0.133. The maximum absolute atomic E-state index is 11.5. The summed E-state index contributed by atoms with van der Waals surface area (Å²) in [6.45, 7) is 0. The molecule has 1 aromatic rings. The van der Waals surface area contributed by atoms with E-state index < -0.39 is 0 Å². The molecule has 0 saturated heterocycles. The number of hydrogen-bond donors (Lipinski definition) is 0. The Morgan fingerprint density at radius 1 is 1.13 bits per heavy atom. The summed E-state index contributed by atoms with van der Waals surface area (Å²) in [5.74, 6) is -0.184. The van der Waals surface area contributed by atoms with Crippen LogP contribution in [0.15, 0.2) is 30.3 Å². The van der Waals surface area contributed by atoms with Gasteiger partial charge in [0, 0.05) is 20.5 Å². The van der Waals surface area contributed by atoms with Gasteiger partial charge in [-0.3, -0.25) is 9.59 Å². The molecular formula is C12H15NO2. The lowest BCUT2D eigenvalue weighted by Gasteiger charge is -2.08. The first-order valence-electron chi connectivity index (χ1n) is 4.85. The molecule has 3 nitrogen and oxygen atoms in total. The average molecular weight is 205 g/mol. The topological polar surface area (TPSA) is 37.4 Å². The van der Waals surface area contributed by atoms with Crippen LogP contribution in [0, 0.1) is 0 Å². The number of hydrogen-bond acceptors (Lipinski definition) is 2. The maximum atomic E-state index is 11.5. The normalized spacial score (nSPS) is 9.73. The quantitative estimate of drug-likeness (QED) is 0.694. The van der Waals surface area contributed by atoms with Gasteiger partial charge in [-0.25, -0.2) is 0 Å². The molecule has 0 fully saturated rings. The van der Waals surface area contributed by atoms with Crippen LogP contribution in [0.5, 0.6) is 0 Å². The van der Waals surface area contributed by atoms with Crippen LogP contribution in [0.4, 0.5) is 0 Å². The molecule has 1 amide bonds. The highest BCUT2D eigenvalue weighted by atomic mass is 16.2. The first-order valence-corrected chi connectivity index (χ1v) is 4.85. The molecule has 0 N–H and O–H groups in total. The molecule has 80 valence electrons. The highest BCUT2D eigenvalue weighted by Crippen LogP contribution is 2.02. The van der Waals surface area contributed by atoms with Crippen LogP contribution in [0.25, 0.3) is 0 Å². The molecule has 15 heavy (non-hydrogen) atoms. The molecule has 0 aliphatic heterocycles. The van der Waals surface area contributed by atoms with Crippen LogP contribution in [0.2, 0.25) is 0 Å². The third-order valence-corrected chi connectivity index (χ3v) is 2.09. The van der Waals surface area contributed by atoms with Crippen molar-refractivity contribution in [3.8, 4) is 0 Å². The zero-order valence-corrected chi connectivity index (χ0v) is 9.06. The Balaban J connectivity index is 2.47. The van der Waals surface area contributed by atoms with Gasteiger partial charge in [0.05, 0.1) is 6.42 Å². The fraction of sp³-hybridized carbons (Fsp3) is 0.333. The minimum Gasteiger partial charge on any atom is -0.348 e. The van der Waals surface area contributed by atoms with E-state index in [9.17, 15) is 9.59 Å². The molecule has 0 aromatic heterocycles. The molecule has 0 bridgehead atoms. The van der Waals surface area contributed by atoms with Gasteiger partial charge >= 0.3 is 0 Å². The fourth-order valence-corrected chi connectivity index (χ4v) is 1.21. The van der Waals surface area contributed by atoms with Crippen molar-refractivity contribution < 1.29 is 9.59 Å². The molecule has 0 heterocycles. The second-order valence-corrected chi connectivity index (χ2v) is 3.67. The Labute approximate surface area is 89.7 Å². The Morgan fingerprint density at radius 3 is 2.27 bits per heavy atom. The maximum Gasteiger partial charge on any atom is 0.229 e. The van der Waals surface area contributed by atoms with Crippen LogP contribution in [-0.2, 0) is 16.0 Å². The Bertz CT molecular complexity index is 344. The van der Waals surface area contributed by atoms with Gasteiger partial charge in [0.15, 0.2) is 0 Å². The van der Waals surface area contributed by atoms with E-state index in [1.807, 2.05) is 30.3 Å². The molecule has 3 heteroatoms. The molecule has 1 rings (SSSR count). The first kappa shape index (κ1) is 11.4. The molecule has 0 atom stereocenters. The predicted molar refractivity (Wildman–Crippen MR) is 58.5 cm³/mol. The first-order chi connectivity index (χ1) is 7.09. The number of Topliss-reactive ketones (excluding diaryl/α,β-unsaturated/α-hetero) is 1. The predicted octanol–water partition coefficient (Wildman–Crippen LogP) is 1.28. The van der Waals surface area contributed by atoms with E-state index >= 15 is 0 Å². The molecule has 0 radical (unpaired) electrons. The van der Waals surface area contributed by atoms with Gasteiger partial charge in [-0.2, -0.15) is 0 Å². The Morgan fingerprint density at radius 2 is 1.73 bits per heavy atom. The van der Waals surface area contributed by atoms with Crippen molar-refractivity contribution in [1.82, 2.24) is 4.90 Å². The summed E-state index contributed by atoms with van der Waals surface area (Å²) in [6.07, 6.45) is 0.322. The molecule has 0 saturated carbocycles. The summed E-state index contributed by atoms with van der Waals surface area (Å²) in [5.41, 5.74) is 0.953. The monoisotopic (exact) mass is 205 g/mol. The summed E-state index contributed by atoms with van der Waals surface area (Å²) in [5, 5.41) is 0. The van der Waals surface area contributed by atoms with Gasteiger partial charge in [-0.15, -0.1) is 0 Å². The third-order valence-electron chi connectivity index (χ3n) is 2.09. The summed E-state index contributed by atoms with van der Waals surface area (Å²) in [7, 11) is 3.30. The Hall–Kier alpha value is -1.64. The zero-order chi connectivity index (χ0) is 11.3. The number of nitrogens with zero attached hydrogens (tertiary/aromatic N) is 1. The van der Waals surface area contributed by atoms with Gasteiger partial charge in [-0.05, 0) is 5.56 Å². The summed E-state index contributed by atoms with van der Waals surface area (Å²) in [4.78, 5) is 24.2. The van der Waals surface area contributed by atoms with E-state index in [4.69, 9.17) is 0 Å². The van der Waals surface area contributed by atoms with Gasteiger partial charge in [0.1, 0.15) is 5.78 Å². The number of carbonyl (C=O) groups excluding carboxylic acids is 2. The van der Waals surface area contributed by atoms with Gasteiger partial charge < -0.3 is 4.90 Å². The molecule has 0 aliphatic carbocycles. The summed E-state index contributed by atoms with van der Waals surface area (Å²) >= 11 is 0. The van der Waals surface area contributed by atoms with Crippen LogP contribution < -0.4 is 0 Å². The lowest BCUT2D eigenvalue weighted by atomic mass is 10.1. The highest BCUT2D eigenvalue weighted by molar-refractivity contribution is 5.98. The van der Waals surface area contributed by atoms with Gasteiger partial charge in [0.25, 0.3) is 0 Å². The molecule has 1 aromatic carbocycles. The van der Waals surface area contributed by atoms with E-state index in [0.717, 1.165) is 5.56 Å². The molecular weight excluding hydrogens is 190 g/mol. The van der Waals surface area contributed by atoms with Crippen molar-refractivity contribution in [1.29, 1.82) is 0 Å². The van der Waals surface area contributed by atoms with Crippen LogP contribution in [0.1, 0.15) is 12.0 Å². The number of ketones is 1. The minimum absolute atomic E-state index is 0.0120. The largest absolute Gasteiger partial charge is 0.348 e. The van der Waals surface area contributed by atoms with Crippen molar-refractivity contribution >= 4 is 11.7 Å². The third kappa shape index (κ3) is 3.94. The second-order valence-electron chi connectivity index (χ2n) is 3.67. The number of amides is 1. The molecule has 0 aliphatic rings. The highest BCUT2D eigenvalue weighted by Gasteiger charge is 2.11. The number of rotatable bonds is 4. The van der Waals surface area contributed by atoms with E-state index in [-0.39, 0.29) is 18.1 Å². The Kier molecular flexibility index (Phi) is 4.03. The minimum atomic E-state index is -0.143. The van der Waals surface area contributed by atoms with Crippen molar-refractivity contribution in [2.24, 2.45) is 0 Å². The fourth-order valence-electron chi connectivity index (χ4n) is 1.21. The summed E-state index contributed by atoms with van der Waals surface area (Å²) < 4.78 is 0. The van der Waals surface area contributed by atoms with Gasteiger partial charge in [-0.1, -0.05) is 30.3 Å². The van der Waals surface area contributed by atoms with Crippen LogP contribution in [0.3, 0.4) is 0 Å². The van der Waals surface area contributed by atoms with Crippen molar-refractivity contribution in [2.75, 3.05) is 14.1 Å². The van der Waals surface area contributed by atoms with Crippen LogP contribution >= 0.6 is 0 Å². The number of carbonyl (C=O) groups is 2. The second kappa shape index (κ2) is 5.29. The zero-order valence-electron chi connectivity index (χ0n) is 9.06. The van der Waals surface area contributed by atoms with E-state index in [1.165, 1.54) is 4.90 Å². The SMILES string of the molecule is CN(C)C(=O)CC(=O)Cc1ccccc1. The van der Waals surface area contributed by atoms with E-state index in [0.29, 0.717) is 6.42 Å². The smallest absolute Gasteiger partial charge is 0.229 e. The summed E-state index contributed by atoms with van der Waals surface area (Å²) in [6, 6.07) is 9.45. The lowest BCUT2D eigenvalue weighted by Crippen LogP contribution is -2.24. The molecule has 0 spiro atoms. The van der Waals surface area contributed by atoms with Crippen LogP contribution in [-0.4, -0.2) is 30.7 Å². The molecule has 0 unspecified atom stereocenters. The van der Waals surface area contributed by atoms with Crippen molar-refractivity contribution in [2.45, 2.75) is 12.8 Å². The van der Waals surface area contributed by atoms with E-state index in [2.05, 4.69) is 0 Å².